The number of allylic oxidation sites excluding steroid dienone is 1. The smallest absolute Gasteiger partial charge is 0.249 e. The number of unbranched alkanes of at least 4 members (excludes halogenated alkanes) is 45. The van der Waals surface area contributed by atoms with Crippen LogP contribution in [0, 0.1) is 0 Å². The van der Waals surface area contributed by atoms with Crippen molar-refractivity contribution in [3.8, 4) is 0 Å². The fourth-order valence-electron chi connectivity index (χ4n) is 9.19. The molecule has 0 heterocycles. The molecule has 370 valence electrons. The lowest BCUT2D eigenvalue weighted by Crippen LogP contribution is -2.48. The lowest BCUT2D eigenvalue weighted by molar-refractivity contribution is -0.131. The van der Waals surface area contributed by atoms with Gasteiger partial charge in [0.1, 0.15) is 6.10 Å². The van der Waals surface area contributed by atoms with E-state index < -0.39 is 24.2 Å². The average Bonchev–Trinajstić information content (AvgIpc) is 3.28. The van der Waals surface area contributed by atoms with Gasteiger partial charge in [-0.15, -0.1) is 0 Å². The van der Waals surface area contributed by atoms with Crippen LogP contribution in [-0.4, -0.2) is 46.1 Å². The minimum atomic E-state index is -1.09. The molecule has 0 radical (unpaired) electrons. The Labute approximate surface area is 389 Å². The third-order valence-corrected chi connectivity index (χ3v) is 13.6. The normalized spacial score (nSPS) is 13.3. The number of aliphatic hydroxyl groups is 3. The molecule has 5 heteroatoms. The van der Waals surface area contributed by atoms with E-state index in [9.17, 15) is 20.1 Å². The van der Waals surface area contributed by atoms with Crippen molar-refractivity contribution in [2.75, 3.05) is 6.61 Å². The van der Waals surface area contributed by atoms with Crippen LogP contribution in [0.15, 0.2) is 12.2 Å². The van der Waals surface area contributed by atoms with Crippen LogP contribution in [0.5, 0.6) is 0 Å². The second kappa shape index (κ2) is 52.7. The molecule has 62 heavy (non-hydrogen) atoms. The summed E-state index contributed by atoms with van der Waals surface area (Å²) in [7, 11) is 0. The minimum Gasteiger partial charge on any atom is -0.394 e. The number of aliphatic hydroxyl groups excluding tert-OH is 3. The molecule has 0 aromatic carbocycles. The standard InChI is InChI=1S/C57H113NO4/c1-3-5-7-9-11-13-15-17-19-20-21-22-23-24-25-26-27-28-29-30-31-32-33-34-35-36-37-38-40-42-44-46-48-50-52-56(61)57(62)58-54(53-59)55(60)51-49-47-45-43-41-39-18-16-14-12-10-8-6-4-2/h49,51,54-56,59-61H,3-48,50,52-53H2,1-2H3,(H,58,62)/b51-49+. The van der Waals surface area contributed by atoms with E-state index in [4.69, 9.17) is 0 Å². The molecular weight excluding hydrogens is 763 g/mol. The Kier molecular flexibility index (Phi) is 51.9. The van der Waals surface area contributed by atoms with Crippen molar-refractivity contribution >= 4 is 5.91 Å². The fraction of sp³-hybridized carbons (Fsp3) is 0.947. The Morgan fingerprint density at radius 2 is 0.629 bits per heavy atom. The Morgan fingerprint density at radius 1 is 0.387 bits per heavy atom. The third kappa shape index (κ3) is 47.1. The molecule has 3 unspecified atom stereocenters. The average molecular weight is 877 g/mol. The number of amides is 1. The Balaban J connectivity index is 3.45. The fourth-order valence-corrected chi connectivity index (χ4v) is 9.19. The number of carbonyl (C=O) groups excluding carboxylic acids is 1. The van der Waals surface area contributed by atoms with E-state index in [-0.39, 0.29) is 6.61 Å². The number of nitrogens with one attached hydrogen (secondary N) is 1. The molecule has 0 rings (SSSR count). The molecule has 0 spiro atoms. The van der Waals surface area contributed by atoms with Gasteiger partial charge in [0.15, 0.2) is 0 Å². The second-order valence-electron chi connectivity index (χ2n) is 19.9. The van der Waals surface area contributed by atoms with Gasteiger partial charge in [-0.1, -0.05) is 315 Å². The predicted octanol–water partition coefficient (Wildman–Crippen LogP) is 17.5. The highest BCUT2D eigenvalue weighted by Crippen LogP contribution is 2.18. The summed E-state index contributed by atoms with van der Waals surface area (Å²) in [5.74, 6) is -0.497. The monoisotopic (exact) mass is 876 g/mol. The summed E-state index contributed by atoms with van der Waals surface area (Å²) in [6, 6.07) is -0.793. The maximum absolute atomic E-state index is 12.5. The van der Waals surface area contributed by atoms with Crippen LogP contribution in [0.2, 0.25) is 0 Å². The summed E-state index contributed by atoms with van der Waals surface area (Å²) in [6.45, 7) is 4.21. The SMILES string of the molecule is CCCCCCCCCCCCCC/C=C/C(O)C(CO)NC(=O)C(O)CCCCCCCCCCCCCCCCCCCCCCCCCCCCCCCCCCCC. The van der Waals surface area contributed by atoms with Crippen molar-refractivity contribution in [1.82, 2.24) is 5.32 Å². The molecular formula is C57H113NO4. The summed E-state index contributed by atoms with van der Waals surface area (Å²) in [5, 5.41) is 33.3. The largest absolute Gasteiger partial charge is 0.394 e. The summed E-state index contributed by atoms with van der Waals surface area (Å²) < 4.78 is 0. The van der Waals surface area contributed by atoms with Crippen LogP contribution in [0.1, 0.15) is 322 Å². The highest BCUT2D eigenvalue weighted by molar-refractivity contribution is 5.80. The molecule has 0 aliphatic carbocycles. The molecule has 0 saturated heterocycles. The minimum absolute atomic E-state index is 0.359. The molecule has 4 N–H and O–H groups in total. The molecule has 0 bridgehead atoms. The highest BCUT2D eigenvalue weighted by atomic mass is 16.3. The number of hydrogen-bond acceptors (Lipinski definition) is 4. The molecule has 1 amide bonds. The van der Waals surface area contributed by atoms with E-state index in [1.807, 2.05) is 6.08 Å². The van der Waals surface area contributed by atoms with E-state index in [1.54, 1.807) is 6.08 Å². The Hall–Kier alpha value is -0.910. The van der Waals surface area contributed by atoms with Gasteiger partial charge >= 0.3 is 0 Å². The number of hydrogen-bond donors (Lipinski definition) is 4. The van der Waals surface area contributed by atoms with Gasteiger partial charge in [-0.3, -0.25) is 4.79 Å². The molecule has 0 aromatic rings. The maximum atomic E-state index is 12.5. The zero-order chi connectivity index (χ0) is 45.1. The number of carbonyl (C=O) groups is 1. The zero-order valence-electron chi connectivity index (χ0n) is 42.3. The van der Waals surface area contributed by atoms with Crippen molar-refractivity contribution in [2.24, 2.45) is 0 Å². The van der Waals surface area contributed by atoms with Gasteiger partial charge in [0, 0.05) is 0 Å². The van der Waals surface area contributed by atoms with Crippen LogP contribution < -0.4 is 5.32 Å². The molecule has 0 fully saturated rings. The summed E-state index contributed by atoms with van der Waals surface area (Å²) in [4.78, 5) is 12.5. The Morgan fingerprint density at radius 3 is 0.887 bits per heavy atom. The molecule has 5 nitrogen and oxygen atoms in total. The van der Waals surface area contributed by atoms with Crippen molar-refractivity contribution in [3.63, 3.8) is 0 Å². The van der Waals surface area contributed by atoms with E-state index in [0.29, 0.717) is 6.42 Å². The zero-order valence-corrected chi connectivity index (χ0v) is 42.3. The third-order valence-electron chi connectivity index (χ3n) is 13.6. The first-order chi connectivity index (χ1) is 30.6. The highest BCUT2D eigenvalue weighted by Gasteiger charge is 2.22. The predicted molar refractivity (Wildman–Crippen MR) is 273 cm³/mol. The molecule has 0 saturated carbocycles. The lowest BCUT2D eigenvalue weighted by Gasteiger charge is -2.21. The first-order valence-corrected chi connectivity index (χ1v) is 28.5. The van der Waals surface area contributed by atoms with Crippen molar-refractivity contribution < 1.29 is 20.1 Å². The van der Waals surface area contributed by atoms with Crippen molar-refractivity contribution in [1.29, 1.82) is 0 Å². The van der Waals surface area contributed by atoms with E-state index in [1.165, 1.54) is 270 Å². The summed E-state index contributed by atoms with van der Waals surface area (Å²) in [5.41, 5.74) is 0. The van der Waals surface area contributed by atoms with Gasteiger partial charge in [-0.25, -0.2) is 0 Å². The molecule has 0 aromatic heterocycles. The van der Waals surface area contributed by atoms with Gasteiger partial charge in [-0.2, -0.15) is 0 Å². The van der Waals surface area contributed by atoms with Crippen molar-refractivity contribution in [2.45, 2.75) is 340 Å². The van der Waals surface area contributed by atoms with Crippen molar-refractivity contribution in [3.05, 3.63) is 12.2 Å². The van der Waals surface area contributed by atoms with E-state index in [0.717, 1.165) is 32.1 Å². The second-order valence-corrected chi connectivity index (χ2v) is 19.9. The quantitative estimate of drug-likeness (QED) is 0.0362. The van der Waals surface area contributed by atoms with Crippen LogP contribution in [0.3, 0.4) is 0 Å². The van der Waals surface area contributed by atoms with Crippen LogP contribution in [0.4, 0.5) is 0 Å². The summed E-state index contributed by atoms with van der Waals surface area (Å²) >= 11 is 0. The van der Waals surface area contributed by atoms with Gasteiger partial charge in [0.2, 0.25) is 5.91 Å². The molecule has 0 aliphatic rings. The molecule has 3 atom stereocenters. The van der Waals surface area contributed by atoms with Gasteiger partial charge in [0.05, 0.1) is 18.8 Å². The summed E-state index contributed by atoms with van der Waals surface area (Å²) in [6.07, 6.45) is 66.0. The molecule has 0 aliphatic heterocycles. The first kappa shape index (κ1) is 61.1. The van der Waals surface area contributed by atoms with Gasteiger partial charge < -0.3 is 20.6 Å². The van der Waals surface area contributed by atoms with Crippen LogP contribution >= 0.6 is 0 Å². The van der Waals surface area contributed by atoms with Gasteiger partial charge in [0.25, 0.3) is 0 Å². The van der Waals surface area contributed by atoms with E-state index in [2.05, 4.69) is 19.2 Å². The van der Waals surface area contributed by atoms with Crippen LogP contribution in [-0.2, 0) is 4.79 Å². The lowest BCUT2D eigenvalue weighted by atomic mass is 10.0. The topological polar surface area (TPSA) is 89.8 Å². The van der Waals surface area contributed by atoms with Gasteiger partial charge in [-0.05, 0) is 19.3 Å². The van der Waals surface area contributed by atoms with Crippen LogP contribution in [0.25, 0.3) is 0 Å². The Bertz CT molecular complexity index is 879. The number of rotatable bonds is 53. The van der Waals surface area contributed by atoms with E-state index >= 15 is 0 Å². The first-order valence-electron chi connectivity index (χ1n) is 28.5. The maximum Gasteiger partial charge on any atom is 0.249 e.